The van der Waals surface area contributed by atoms with Crippen LogP contribution in [-0.4, -0.2) is 43.4 Å². The maximum atomic E-state index is 13.1. The number of benzene rings is 2. The number of rotatable bonds is 5. The first-order chi connectivity index (χ1) is 15.3. The average molecular weight is 514 g/mol. The number of nitrogens with zero attached hydrogens (tertiary/aromatic N) is 4. The first-order valence-electron chi connectivity index (χ1n) is 11.1. The number of piperidine rings is 1. The average Bonchev–Trinajstić information content (AvgIpc) is 3.16. The van der Waals surface area contributed by atoms with Crippen LogP contribution in [0.4, 0.5) is 0 Å². The van der Waals surface area contributed by atoms with Crippen molar-refractivity contribution in [1.29, 1.82) is 0 Å². The maximum Gasteiger partial charge on any atom is 0.233 e. The molecular formula is C25H29BrN4OS. The molecule has 0 spiro atoms. The summed E-state index contributed by atoms with van der Waals surface area (Å²) >= 11 is 4.97. The highest BCUT2D eigenvalue weighted by Crippen LogP contribution is 2.31. The molecule has 5 nitrogen and oxygen atoms in total. The number of carbonyl (C=O) groups excluding carboxylic acids is 1. The first-order valence-corrected chi connectivity index (χ1v) is 12.9. The molecule has 1 aliphatic heterocycles. The van der Waals surface area contributed by atoms with Gasteiger partial charge in [-0.05, 0) is 82.3 Å². The minimum absolute atomic E-state index is 0.176. The second-order valence-corrected chi connectivity index (χ2v) is 10.6. The Morgan fingerprint density at radius 1 is 1.03 bits per heavy atom. The minimum atomic E-state index is 0.176. The van der Waals surface area contributed by atoms with E-state index < -0.39 is 0 Å². The van der Waals surface area contributed by atoms with Gasteiger partial charge in [0, 0.05) is 22.1 Å². The third-order valence-electron chi connectivity index (χ3n) is 6.01. The summed E-state index contributed by atoms with van der Waals surface area (Å²) in [5.74, 6) is 1.31. The summed E-state index contributed by atoms with van der Waals surface area (Å²) in [5, 5.41) is 9.76. The fourth-order valence-corrected chi connectivity index (χ4v) is 5.66. The van der Waals surface area contributed by atoms with Crippen LogP contribution in [0.5, 0.6) is 0 Å². The van der Waals surface area contributed by atoms with Crippen LogP contribution in [0.1, 0.15) is 44.2 Å². The summed E-state index contributed by atoms with van der Waals surface area (Å²) in [6.45, 7) is 8.50. The van der Waals surface area contributed by atoms with Gasteiger partial charge < -0.3 is 4.90 Å². The van der Waals surface area contributed by atoms with Crippen LogP contribution in [0.15, 0.2) is 52.1 Å². The van der Waals surface area contributed by atoms with E-state index in [4.69, 9.17) is 0 Å². The number of hydrogen-bond donors (Lipinski definition) is 0. The van der Waals surface area contributed by atoms with Crippen LogP contribution < -0.4 is 0 Å². The second-order valence-electron chi connectivity index (χ2n) is 8.71. The quantitative estimate of drug-likeness (QED) is 0.382. The third kappa shape index (κ3) is 4.94. The first kappa shape index (κ1) is 23.1. The normalized spacial score (nSPS) is 18.7. The molecule has 3 aromatic rings. The Morgan fingerprint density at radius 3 is 2.28 bits per heavy atom. The summed E-state index contributed by atoms with van der Waals surface area (Å²) in [5.41, 5.74) is 4.35. The van der Waals surface area contributed by atoms with Crippen molar-refractivity contribution >= 4 is 33.6 Å². The lowest BCUT2D eigenvalue weighted by Gasteiger charge is -2.39. The van der Waals surface area contributed by atoms with Crippen LogP contribution >= 0.6 is 27.7 Å². The van der Waals surface area contributed by atoms with Gasteiger partial charge in [0.25, 0.3) is 0 Å². The standard InChI is InChI=1S/C25H29BrN4OS/c1-16-12-17(2)14-22(13-16)30-24(20-8-10-21(26)11-9-20)27-28-25(30)32-15-23(31)29-18(3)6-5-7-19(29)4/h8-14,18-19H,5-7,15H2,1-4H3/t18-,19-/m1/s1. The molecule has 0 aliphatic carbocycles. The van der Waals surface area contributed by atoms with Gasteiger partial charge in [0.05, 0.1) is 11.4 Å². The highest BCUT2D eigenvalue weighted by Gasteiger charge is 2.29. The van der Waals surface area contributed by atoms with E-state index in [2.05, 4.69) is 81.5 Å². The van der Waals surface area contributed by atoms with E-state index in [-0.39, 0.29) is 5.91 Å². The number of hydrogen-bond acceptors (Lipinski definition) is 4. The highest BCUT2D eigenvalue weighted by atomic mass is 79.9. The van der Waals surface area contributed by atoms with Gasteiger partial charge in [-0.3, -0.25) is 9.36 Å². The topological polar surface area (TPSA) is 51.0 Å². The van der Waals surface area contributed by atoms with Crippen LogP contribution in [0.2, 0.25) is 0 Å². The molecule has 1 aromatic heterocycles. The molecule has 0 unspecified atom stereocenters. The van der Waals surface area contributed by atoms with Gasteiger partial charge in [0.2, 0.25) is 5.91 Å². The van der Waals surface area contributed by atoms with Crippen molar-refractivity contribution in [3.8, 4) is 17.1 Å². The van der Waals surface area contributed by atoms with E-state index in [0.29, 0.717) is 17.8 Å². The molecular weight excluding hydrogens is 484 g/mol. The van der Waals surface area contributed by atoms with Crippen molar-refractivity contribution in [3.05, 3.63) is 58.1 Å². The second kappa shape index (κ2) is 9.79. The Bertz CT molecular complexity index is 1080. The number of halogens is 1. The minimum Gasteiger partial charge on any atom is -0.337 e. The molecule has 1 amide bonds. The third-order valence-corrected chi connectivity index (χ3v) is 7.45. The van der Waals surface area contributed by atoms with Gasteiger partial charge in [-0.25, -0.2) is 0 Å². The van der Waals surface area contributed by atoms with E-state index in [9.17, 15) is 4.79 Å². The smallest absolute Gasteiger partial charge is 0.233 e. The molecule has 1 aliphatic rings. The number of aryl methyl sites for hydroxylation is 2. The zero-order chi connectivity index (χ0) is 22.8. The zero-order valence-corrected chi connectivity index (χ0v) is 21.4. The van der Waals surface area contributed by atoms with E-state index in [1.165, 1.54) is 29.3 Å². The number of aromatic nitrogens is 3. The van der Waals surface area contributed by atoms with Gasteiger partial charge in [-0.1, -0.05) is 45.9 Å². The SMILES string of the molecule is Cc1cc(C)cc(-n2c(SCC(=O)N3[C@H](C)CCC[C@H]3C)nnc2-c2ccc(Br)cc2)c1. The zero-order valence-electron chi connectivity index (χ0n) is 19.0. The lowest BCUT2D eigenvalue weighted by atomic mass is 9.98. The summed E-state index contributed by atoms with van der Waals surface area (Å²) in [6, 6.07) is 15.1. The van der Waals surface area contributed by atoms with Gasteiger partial charge in [0.1, 0.15) is 0 Å². The number of amides is 1. The summed E-state index contributed by atoms with van der Waals surface area (Å²) < 4.78 is 3.09. The highest BCUT2D eigenvalue weighted by molar-refractivity contribution is 9.10. The van der Waals surface area contributed by atoms with Crippen molar-refractivity contribution in [3.63, 3.8) is 0 Å². The van der Waals surface area contributed by atoms with Gasteiger partial charge in [-0.2, -0.15) is 0 Å². The molecule has 2 heterocycles. The van der Waals surface area contributed by atoms with Gasteiger partial charge >= 0.3 is 0 Å². The number of carbonyl (C=O) groups is 1. The molecule has 32 heavy (non-hydrogen) atoms. The fraction of sp³-hybridized carbons (Fsp3) is 0.400. The van der Waals surface area contributed by atoms with Gasteiger partial charge in [-0.15, -0.1) is 10.2 Å². The Balaban J connectivity index is 1.67. The Labute approximate surface area is 202 Å². The number of thioether (sulfide) groups is 1. The predicted molar refractivity (Wildman–Crippen MR) is 134 cm³/mol. The van der Waals surface area contributed by atoms with Gasteiger partial charge in [0.15, 0.2) is 11.0 Å². The molecule has 2 atom stereocenters. The molecule has 1 fully saturated rings. The van der Waals surface area contributed by atoms with Crippen molar-refractivity contribution < 1.29 is 4.79 Å². The fourth-order valence-electron chi connectivity index (χ4n) is 4.58. The lowest BCUT2D eigenvalue weighted by molar-refractivity contribution is -0.134. The van der Waals surface area contributed by atoms with Crippen LogP contribution in [-0.2, 0) is 4.79 Å². The summed E-state index contributed by atoms with van der Waals surface area (Å²) in [7, 11) is 0. The largest absolute Gasteiger partial charge is 0.337 e. The van der Waals surface area contributed by atoms with E-state index in [0.717, 1.165) is 39.5 Å². The molecule has 1 saturated heterocycles. The number of likely N-dealkylation sites (tertiary alicyclic amines) is 1. The van der Waals surface area contributed by atoms with E-state index >= 15 is 0 Å². The molecule has 0 radical (unpaired) electrons. The molecule has 0 saturated carbocycles. The van der Waals surface area contributed by atoms with Crippen LogP contribution in [0.25, 0.3) is 17.1 Å². The maximum absolute atomic E-state index is 13.1. The Morgan fingerprint density at radius 2 is 1.66 bits per heavy atom. The van der Waals surface area contributed by atoms with Crippen LogP contribution in [0, 0.1) is 13.8 Å². The molecule has 0 N–H and O–H groups in total. The summed E-state index contributed by atoms with van der Waals surface area (Å²) in [6.07, 6.45) is 3.34. The van der Waals surface area contributed by atoms with E-state index in [1.807, 2.05) is 24.3 Å². The monoisotopic (exact) mass is 512 g/mol. The molecule has 2 aromatic carbocycles. The molecule has 4 rings (SSSR count). The molecule has 0 bridgehead atoms. The summed E-state index contributed by atoms with van der Waals surface area (Å²) in [4.78, 5) is 15.2. The predicted octanol–water partition coefficient (Wildman–Crippen LogP) is 6.20. The molecule has 7 heteroatoms. The Kier molecular flexibility index (Phi) is 7.05. The lowest BCUT2D eigenvalue weighted by Crippen LogP contribution is -2.48. The molecule has 168 valence electrons. The van der Waals surface area contributed by atoms with Crippen molar-refractivity contribution in [2.24, 2.45) is 0 Å². The van der Waals surface area contributed by atoms with Crippen molar-refractivity contribution in [2.45, 2.75) is 64.2 Å². The van der Waals surface area contributed by atoms with Crippen molar-refractivity contribution in [2.75, 3.05) is 5.75 Å². The van der Waals surface area contributed by atoms with Crippen molar-refractivity contribution in [1.82, 2.24) is 19.7 Å². The van der Waals surface area contributed by atoms with Crippen LogP contribution in [0.3, 0.4) is 0 Å². The van der Waals surface area contributed by atoms with E-state index in [1.54, 1.807) is 0 Å². The Hall–Kier alpha value is -2.12.